The fraction of sp³-hybridized carbons (Fsp3) is 0.421. The first-order chi connectivity index (χ1) is 17.7. The molecular weight excluding hydrogens is 583 g/mol. The number of hydrogen-bond donors (Lipinski definition) is 0. The minimum absolute atomic E-state index is 0.112. The van der Waals surface area contributed by atoms with Gasteiger partial charge in [-0.25, -0.2) is 0 Å². The van der Waals surface area contributed by atoms with E-state index in [9.17, 15) is 0 Å². The van der Waals surface area contributed by atoms with Gasteiger partial charge in [-0.3, -0.25) is 0 Å². The molecule has 3 aromatic carbocycles. The van der Waals surface area contributed by atoms with Crippen molar-refractivity contribution < 1.29 is 0 Å². The molecule has 0 unspecified atom stereocenters. The highest BCUT2D eigenvalue weighted by atomic mass is 127. The summed E-state index contributed by atoms with van der Waals surface area (Å²) in [4.78, 5) is 0. The van der Waals surface area contributed by atoms with E-state index < -0.39 is 0 Å². The van der Waals surface area contributed by atoms with Crippen LogP contribution in [0.2, 0.25) is 0 Å². The van der Waals surface area contributed by atoms with E-state index in [2.05, 4.69) is 185 Å². The summed E-state index contributed by atoms with van der Waals surface area (Å²) in [7, 11) is 0. The third-order valence-corrected chi connectivity index (χ3v) is 7.88. The maximum Gasteiger partial charge on any atom is 0.0142 e. The minimum atomic E-state index is 0.112. The lowest BCUT2D eigenvalue weighted by atomic mass is 9.79. The summed E-state index contributed by atoms with van der Waals surface area (Å²) in [5.41, 5.74) is 10.9. The fourth-order valence-electron chi connectivity index (χ4n) is 4.44. The van der Waals surface area contributed by atoms with Crippen molar-refractivity contribution in [3.05, 3.63) is 103 Å². The van der Waals surface area contributed by atoms with Crippen LogP contribution in [0.5, 0.6) is 0 Å². The molecule has 0 saturated heterocycles. The van der Waals surface area contributed by atoms with Crippen LogP contribution < -0.4 is 0 Å². The van der Waals surface area contributed by atoms with Gasteiger partial charge in [0.05, 0.1) is 0 Å². The second-order valence-electron chi connectivity index (χ2n) is 15.2. The summed E-state index contributed by atoms with van der Waals surface area (Å²) in [6.45, 7) is 27.5. The topological polar surface area (TPSA) is 0 Å². The Morgan fingerprint density at radius 3 is 0.821 bits per heavy atom. The molecule has 0 aliphatic rings. The van der Waals surface area contributed by atoms with Crippen molar-refractivity contribution in [3.63, 3.8) is 0 Å². The lowest BCUT2D eigenvalue weighted by Gasteiger charge is -2.25. The van der Waals surface area contributed by atoms with Gasteiger partial charge in [-0.2, -0.15) is 0 Å². The number of rotatable bonds is 4. The summed E-state index contributed by atoms with van der Waals surface area (Å²) in [6.07, 6.45) is 9.05. The van der Waals surface area contributed by atoms with Crippen LogP contribution in [0.15, 0.2) is 54.6 Å². The molecule has 0 radical (unpaired) electrons. The molecule has 3 aromatic rings. The number of hydrogen-bond acceptors (Lipinski definition) is 0. The third kappa shape index (κ3) is 8.93. The van der Waals surface area contributed by atoms with E-state index in [1.807, 2.05) is 0 Å². The first kappa shape index (κ1) is 31.4. The molecule has 0 amide bonds. The molecule has 0 spiro atoms. The van der Waals surface area contributed by atoms with Crippen molar-refractivity contribution in [2.24, 2.45) is 0 Å². The molecule has 3 rings (SSSR count). The first-order valence-corrected chi connectivity index (χ1v) is 15.3. The maximum atomic E-state index is 2.44. The van der Waals surface area contributed by atoms with Gasteiger partial charge in [-0.15, -0.1) is 0 Å². The molecule has 39 heavy (non-hydrogen) atoms. The van der Waals surface area contributed by atoms with Crippen molar-refractivity contribution >= 4 is 46.9 Å². The third-order valence-electron chi connectivity index (χ3n) is 7.25. The van der Waals surface area contributed by atoms with Gasteiger partial charge in [-0.1, -0.05) is 144 Å². The Kier molecular flexibility index (Phi) is 9.17. The smallest absolute Gasteiger partial charge is 0.0142 e. The van der Waals surface area contributed by atoms with Crippen LogP contribution in [0.4, 0.5) is 0 Å². The Bertz CT molecular complexity index is 1200. The zero-order valence-corrected chi connectivity index (χ0v) is 28.5. The molecule has 0 aliphatic carbocycles. The van der Waals surface area contributed by atoms with Crippen LogP contribution in [-0.4, -0.2) is 0 Å². The average Bonchev–Trinajstić information content (AvgIpc) is 2.78. The normalized spacial score (nSPS) is 13.6. The van der Waals surface area contributed by atoms with Crippen molar-refractivity contribution in [2.75, 3.05) is 0 Å². The van der Waals surface area contributed by atoms with Gasteiger partial charge in [0.1, 0.15) is 0 Å². The van der Waals surface area contributed by atoms with Crippen LogP contribution in [-0.2, 0) is 21.7 Å². The lowest BCUT2D eigenvalue weighted by Crippen LogP contribution is -2.16. The Hall–Kier alpha value is -2.13. The lowest BCUT2D eigenvalue weighted by molar-refractivity contribution is 0.568. The first-order valence-electron chi connectivity index (χ1n) is 14.2. The second-order valence-corrected chi connectivity index (χ2v) is 16.4. The SMILES string of the molecule is CC(C)(C)c1cc(/C=C/c2cc(I)cc(/C=C/c3cc(C(C)(C)C)cc(C(C)(C)C)c3)c2)cc(C(C)(C)C)c1. The Balaban J connectivity index is 1.98. The monoisotopic (exact) mass is 632 g/mol. The molecule has 0 nitrogen and oxygen atoms in total. The van der Waals surface area contributed by atoms with E-state index in [0.717, 1.165) is 0 Å². The van der Waals surface area contributed by atoms with E-state index in [1.165, 1.54) is 48.1 Å². The van der Waals surface area contributed by atoms with Gasteiger partial charge < -0.3 is 0 Å². The summed E-state index contributed by atoms with van der Waals surface area (Å²) in [5, 5.41) is 0. The van der Waals surface area contributed by atoms with E-state index >= 15 is 0 Å². The zero-order valence-electron chi connectivity index (χ0n) is 26.4. The van der Waals surface area contributed by atoms with Gasteiger partial charge >= 0.3 is 0 Å². The largest absolute Gasteiger partial charge is 0.0561 e. The Labute approximate surface area is 253 Å². The van der Waals surface area contributed by atoms with Crippen LogP contribution in [0, 0.1) is 3.57 Å². The molecule has 208 valence electrons. The predicted octanol–water partition coefficient (Wildman–Crippen LogP) is 11.8. The van der Waals surface area contributed by atoms with E-state index in [1.54, 1.807) is 0 Å². The minimum Gasteiger partial charge on any atom is -0.0561 e. The van der Waals surface area contributed by atoms with Gasteiger partial charge in [0.2, 0.25) is 0 Å². The van der Waals surface area contributed by atoms with E-state index in [0.29, 0.717) is 0 Å². The molecule has 1 heteroatoms. The summed E-state index contributed by atoms with van der Waals surface area (Å²) < 4.78 is 1.24. The van der Waals surface area contributed by atoms with E-state index in [4.69, 9.17) is 0 Å². The van der Waals surface area contributed by atoms with Gasteiger partial charge in [0.25, 0.3) is 0 Å². The van der Waals surface area contributed by atoms with Crippen LogP contribution in [0.1, 0.15) is 128 Å². The fourth-order valence-corrected chi connectivity index (χ4v) is 5.16. The predicted molar refractivity (Wildman–Crippen MR) is 185 cm³/mol. The second kappa shape index (κ2) is 11.4. The van der Waals surface area contributed by atoms with Crippen molar-refractivity contribution in [3.8, 4) is 0 Å². The maximum absolute atomic E-state index is 2.44. The van der Waals surface area contributed by atoms with Crippen LogP contribution in [0.3, 0.4) is 0 Å². The quantitative estimate of drug-likeness (QED) is 0.198. The summed E-state index contributed by atoms with van der Waals surface area (Å²) in [6, 6.07) is 20.9. The molecular formula is C38H49I. The molecule has 0 aromatic heterocycles. The molecule has 0 N–H and O–H groups in total. The molecule has 0 bridgehead atoms. The number of halogens is 1. The Morgan fingerprint density at radius 1 is 0.359 bits per heavy atom. The summed E-state index contributed by atoms with van der Waals surface area (Å²) in [5.74, 6) is 0. The van der Waals surface area contributed by atoms with Gasteiger partial charge in [-0.05, 0) is 107 Å². The molecule has 0 aliphatic heterocycles. The number of benzene rings is 3. The highest BCUT2D eigenvalue weighted by Crippen LogP contribution is 2.32. The highest BCUT2D eigenvalue weighted by Gasteiger charge is 2.21. The average molecular weight is 633 g/mol. The van der Waals surface area contributed by atoms with Crippen molar-refractivity contribution in [2.45, 2.75) is 105 Å². The van der Waals surface area contributed by atoms with Crippen LogP contribution >= 0.6 is 22.6 Å². The van der Waals surface area contributed by atoms with Crippen LogP contribution in [0.25, 0.3) is 24.3 Å². The summed E-state index contributed by atoms with van der Waals surface area (Å²) >= 11 is 2.44. The van der Waals surface area contributed by atoms with Crippen molar-refractivity contribution in [1.29, 1.82) is 0 Å². The van der Waals surface area contributed by atoms with E-state index in [-0.39, 0.29) is 21.7 Å². The zero-order chi connectivity index (χ0) is 29.4. The van der Waals surface area contributed by atoms with Gasteiger partial charge in [0.15, 0.2) is 0 Å². The molecule has 0 heterocycles. The Morgan fingerprint density at radius 2 is 0.590 bits per heavy atom. The van der Waals surface area contributed by atoms with Gasteiger partial charge in [0, 0.05) is 3.57 Å². The highest BCUT2D eigenvalue weighted by molar-refractivity contribution is 14.1. The molecule has 0 fully saturated rings. The molecule has 0 atom stereocenters. The standard InChI is InChI=1S/C38H49I/c1-35(2,3)30-18-28(19-31(24-30)36(4,5)6)15-13-26-17-27(23-34(39)22-26)14-16-29-20-32(37(7,8)9)25-33(21-29)38(10,11)12/h13-25H,1-12H3/b15-13+,16-14+. The molecule has 0 saturated carbocycles. The van der Waals surface area contributed by atoms with Crippen molar-refractivity contribution in [1.82, 2.24) is 0 Å².